The largest absolute Gasteiger partial charge is 0.259 e. The Morgan fingerprint density at radius 1 is 2.00 bits per heavy atom. The van der Waals surface area contributed by atoms with Gasteiger partial charge in [-0.05, 0) is 0 Å². The molecule has 0 bridgehead atoms. The quantitative estimate of drug-likeness (QED) is 0.491. The number of alkyl halides is 1. The van der Waals surface area contributed by atoms with Gasteiger partial charge in [0.15, 0.2) is 0 Å². The van der Waals surface area contributed by atoms with Gasteiger partial charge in [-0.15, -0.1) is 0 Å². The molecular formula is CH3FO3S. The second-order valence-electron chi connectivity index (χ2n) is 0.431. The standard InChI is InChI=1S/CH3FO3S/c2-1-5-6(3)4/h6H,1H2/i6D. The van der Waals surface area contributed by atoms with Gasteiger partial charge in [0, 0.05) is 0 Å². The van der Waals surface area contributed by atoms with E-state index in [0.29, 0.717) is 0 Å². The second-order valence-corrected chi connectivity index (χ2v) is 1.08. The van der Waals surface area contributed by atoms with Crippen molar-refractivity contribution in [3.05, 3.63) is 0 Å². The molecule has 0 aliphatic heterocycles. The summed E-state index contributed by atoms with van der Waals surface area (Å²) < 4.78 is 38.7. The van der Waals surface area contributed by atoms with Gasteiger partial charge in [0.1, 0.15) is 0 Å². The van der Waals surface area contributed by atoms with Crippen molar-refractivity contribution in [2.45, 2.75) is 0 Å². The molecule has 5 heteroatoms. The fourth-order valence-electron chi connectivity index (χ4n) is 0.0364. The summed E-state index contributed by atoms with van der Waals surface area (Å²) in [5, 5.41) is 0. The van der Waals surface area contributed by atoms with E-state index in [1.807, 2.05) is 0 Å². The monoisotopic (exact) mass is 115 g/mol. The minimum Gasteiger partial charge on any atom is -0.238 e. The van der Waals surface area contributed by atoms with Gasteiger partial charge in [-0.1, -0.05) is 0 Å². The Balaban J connectivity index is 3.60. The maximum Gasteiger partial charge on any atom is 0.259 e. The van der Waals surface area contributed by atoms with E-state index in [1.54, 1.807) is 0 Å². The first kappa shape index (κ1) is 4.01. The predicted molar refractivity (Wildman–Crippen MR) is 17.4 cm³/mol. The van der Waals surface area contributed by atoms with Crippen molar-refractivity contribution < 1.29 is 17.0 Å². The molecule has 0 spiro atoms. The van der Waals surface area contributed by atoms with E-state index in [1.165, 1.54) is 0 Å². The van der Waals surface area contributed by atoms with Crippen LogP contribution in [0.15, 0.2) is 0 Å². The number of hydrogen-bond acceptors (Lipinski definition) is 3. The molecule has 0 aliphatic rings. The van der Waals surface area contributed by atoms with Crippen LogP contribution in [0, 0.1) is 0 Å². The second kappa shape index (κ2) is 3.05. The first-order valence-corrected chi connectivity index (χ1v) is 2.06. The van der Waals surface area contributed by atoms with Crippen molar-refractivity contribution in [3.8, 4) is 0 Å². The van der Waals surface area contributed by atoms with Crippen LogP contribution in [0.1, 0.15) is 0 Å². The molecule has 38 valence electrons. The highest BCUT2D eigenvalue weighted by atomic mass is 32.2. The third-order valence-electron chi connectivity index (χ3n) is 0.141. The van der Waals surface area contributed by atoms with Crippen molar-refractivity contribution in [1.29, 1.82) is 1.12 Å². The minimum absolute atomic E-state index is 1.47. The molecule has 6 heavy (non-hydrogen) atoms. The van der Waals surface area contributed by atoms with Gasteiger partial charge in [0.05, 0.1) is 0 Å². The average Bonchev–Trinajstić information content (AvgIpc) is 1.30. The Hall–Kier alpha value is -0.160. The predicted octanol–water partition coefficient (Wildman–Crippen LogP) is -0.544. The van der Waals surface area contributed by atoms with E-state index in [2.05, 4.69) is 4.18 Å². The van der Waals surface area contributed by atoms with Crippen LogP contribution in [-0.2, 0) is 15.1 Å². The number of rotatable bonds is 2. The van der Waals surface area contributed by atoms with Gasteiger partial charge in [-0.2, -0.15) is 0 Å². The van der Waals surface area contributed by atoms with Crippen molar-refractivity contribution in [2.75, 3.05) is 6.86 Å². The number of thiol groups is 1. The lowest BCUT2D eigenvalue weighted by Crippen LogP contribution is -1.81. The van der Waals surface area contributed by atoms with Gasteiger partial charge in [-0.3, -0.25) is 0 Å². The molecule has 0 amide bonds. The molecule has 0 radical (unpaired) electrons. The van der Waals surface area contributed by atoms with E-state index in [4.69, 9.17) is 1.12 Å². The van der Waals surface area contributed by atoms with Gasteiger partial charge < -0.3 is 0 Å². The maximum atomic E-state index is 10.8. The average molecular weight is 115 g/mol. The Morgan fingerprint density at radius 2 is 2.50 bits per heavy atom. The van der Waals surface area contributed by atoms with Crippen LogP contribution in [-0.4, -0.2) is 16.4 Å². The summed E-state index contributed by atoms with van der Waals surface area (Å²) in [6.07, 6.45) is 0. The van der Waals surface area contributed by atoms with E-state index in [-0.39, 0.29) is 0 Å². The third kappa shape index (κ3) is 3.84. The highest BCUT2D eigenvalue weighted by Crippen LogP contribution is 1.69. The summed E-state index contributed by atoms with van der Waals surface area (Å²) in [4.78, 5) is 0. The van der Waals surface area contributed by atoms with Gasteiger partial charge in [-0.25, -0.2) is 17.0 Å². The van der Waals surface area contributed by atoms with Crippen molar-refractivity contribution in [1.82, 2.24) is 0 Å². The van der Waals surface area contributed by atoms with Crippen LogP contribution >= 0.6 is 0 Å². The highest BCUT2D eigenvalue weighted by Gasteiger charge is 1.75. The fraction of sp³-hybridized carbons (Fsp3) is 1.00. The fourth-order valence-corrected chi connectivity index (χ4v) is 0.109. The van der Waals surface area contributed by atoms with E-state index >= 15 is 0 Å². The summed E-state index contributed by atoms with van der Waals surface area (Å²) >= 11 is 0. The molecule has 0 aromatic carbocycles. The molecule has 0 aromatic heterocycles. The maximum absolute atomic E-state index is 10.8. The molecule has 0 atom stereocenters. The summed E-state index contributed by atoms with van der Waals surface area (Å²) in [6, 6.07) is 0. The first-order valence-electron chi connectivity index (χ1n) is 1.46. The highest BCUT2D eigenvalue weighted by molar-refractivity contribution is 7.67. The summed E-state index contributed by atoms with van der Waals surface area (Å²) in [6.45, 7) is -1.47. The van der Waals surface area contributed by atoms with Crippen molar-refractivity contribution in [3.63, 3.8) is 0 Å². The van der Waals surface area contributed by atoms with E-state index in [9.17, 15) is 12.8 Å². The zero-order chi connectivity index (χ0) is 5.91. The Labute approximate surface area is 37.0 Å². The zero-order valence-corrected chi connectivity index (χ0v) is 3.53. The molecule has 0 aliphatic carbocycles. The van der Waals surface area contributed by atoms with E-state index < -0.39 is 17.7 Å². The van der Waals surface area contributed by atoms with Crippen molar-refractivity contribution >= 4 is 10.9 Å². The van der Waals surface area contributed by atoms with Crippen molar-refractivity contribution in [2.24, 2.45) is 0 Å². The lowest BCUT2D eigenvalue weighted by atomic mass is 11.6. The molecule has 0 unspecified atom stereocenters. The van der Waals surface area contributed by atoms with Gasteiger partial charge >= 0.3 is 0 Å². The first-order chi connectivity index (χ1) is 3.06. The molecule has 0 N–H and O–H groups in total. The molecule has 3 nitrogen and oxygen atoms in total. The molecule has 0 aromatic rings. The van der Waals surface area contributed by atoms with Crippen LogP contribution in [0.2, 0.25) is 0 Å². The summed E-state index contributed by atoms with van der Waals surface area (Å²) in [5.74, 6) is 0. The zero-order valence-electron chi connectivity index (χ0n) is 3.72. The minimum atomic E-state index is -4.30. The topological polar surface area (TPSA) is 43.4 Å². The Morgan fingerprint density at radius 3 is 2.50 bits per heavy atom. The molecular weight excluding hydrogens is 111 g/mol. The van der Waals surface area contributed by atoms with E-state index in [0.717, 1.165) is 0 Å². The Kier molecular flexibility index (Phi) is 2.04. The molecule has 0 rings (SSSR count). The van der Waals surface area contributed by atoms with Crippen LogP contribution < -0.4 is 0 Å². The number of halogens is 1. The normalized spacial score (nSPS) is 13.8. The molecule has 0 heterocycles. The van der Waals surface area contributed by atoms with Crippen LogP contribution in [0.25, 0.3) is 0 Å². The van der Waals surface area contributed by atoms with Crippen LogP contribution in [0.4, 0.5) is 4.39 Å². The Bertz CT molecular complexity index is 128. The summed E-state index contributed by atoms with van der Waals surface area (Å²) in [7, 11) is -4.30. The lowest BCUT2D eigenvalue weighted by molar-refractivity contribution is 0.207. The van der Waals surface area contributed by atoms with Gasteiger partial charge in [0.2, 0.25) is 7.98 Å². The smallest absolute Gasteiger partial charge is 0.238 e. The summed E-state index contributed by atoms with van der Waals surface area (Å²) in [5.41, 5.74) is 0. The lowest BCUT2D eigenvalue weighted by Gasteiger charge is -1.74. The van der Waals surface area contributed by atoms with Crippen LogP contribution in [0.3, 0.4) is 0 Å². The molecule has 0 fully saturated rings. The molecule has 0 saturated heterocycles. The SMILES string of the molecule is [2H]S(=O)(=O)OCF. The van der Waals surface area contributed by atoms with Gasteiger partial charge in [0.25, 0.3) is 10.9 Å². The molecule has 0 saturated carbocycles. The number of hydrogen-bond donors (Lipinski definition) is 1. The van der Waals surface area contributed by atoms with Crippen LogP contribution in [0.5, 0.6) is 0 Å². The third-order valence-corrected chi connectivity index (χ3v) is 0.422.